The Balaban J connectivity index is 2.45. The van der Waals surface area contributed by atoms with Crippen molar-refractivity contribution in [3.63, 3.8) is 0 Å². The van der Waals surface area contributed by atoms with Crippen LogP contribution in [0.5, 0.6) is 17.2 Å². The largest absolute Gasteiger partial charge is 0.496 e. The molecule has 0 saturated carbocycles. The summed E-state index contributed by atoms with van der Waals surface area (Å²) in [5.74, 6) is 2.04. The zero-order valence-electron chi connectivity index (χ0n) is 14.2. The molecule has 0 aliphatic heterocycles. The van der Waals surface area contributed by atoms with E-state index in [-0.39, 0.29) is 0 Å². The van der Waals surface area contributed by atoms with Crippen LogP contribution in [0.4, 0.5) is 0 Å². The number of hydrogen-bond acceptors (Lipinski definition) is 4. The predicted octanol–water partition coefficient (Wildman–Crippen LogP) is 4.56. The van der Waals surface area contributed by atoms with Crippen LogP contribution >= 0.6 is 0 Å². The van der Waals surface area contributed by atoms with Crippen LogP contribution in [0.15, 0.2) is 42.5 Å². The molecule has 0 unspecified atom stereocenters. The molecule has 0 bridgehead atoms. The highest BCUT2D eigenvalue weighted by Gasteiger charge is 2.10. The molecular weight excluding hydrogens is 302 g/mol. The summed E-state index contributed by atoms with van der Waals surface area (Å²) in [5.41, 5.74) is 2.15. The zero-order chi connectivity index (χ0) is 17.4. The van der Waals surface area contributed by atoms with E-state index in [0.29, 0.717) is 30.3 Å². The Labute approximate surface area is 142 Å². The first-order valence-electron chi connectivity index (χ1n) is 7.88. The van der Waals surface area contributed by atoms with Gasteiger partial charge in [0.25, 0.3) is 0 Å². The van der Waals surface area contributed by atoms with E-state index in [1.807, 2.05) is 62.4 Å². The number of para-hydroxylation sites is 1. The molecule has 124 valence electrons. The fourth-order valence-corrected chi connectivity index (χ4v) is 2.34. The average molecular weight is 323 g/mol. The molecule has 0 amide bonds. The maximum atomic E-state index is 9.57. The van der Waals surface area contributed by atoms with E-state index in [4.69, 9.17) is 14.2 Å². The highest BCUT2D eigenvalue weighted by molar-refractivity contribution is 5.91. The van der Waals surface area contributed by atoms with Gasteiger partial charge in [0.15, 0.2) is 11.5 Å². The molecule has 0 fully saturated rings. The lowest BCUT2D eigenvalue weighted by molar-refractivity contribution is 0.287. The lowest BCUT2D eigenvalue weighted by atomic mass is 10.0. The second-order valence-electron chi connectivity index (χ2n) is 4.94. The topological polar surface area (TPSA) is 51.5 Å². The summed E-state index contributed by atoms with van der Waals surface area (Å²) < 4.78 is 16.5. The molecule has 0 atom stereocenters. The van der Waals surface area contributed by atoms with Crippen molar-refractivity contribution in [1.82, 2.24) is 0 Å². The van der Waals surface area contributed by atoms with Gasteiger partial charge in [-0.2, -0.15) is 5.26 Å². The third kappa shape index (κ3) is 4.08. The maximum Gasteiger partial charge on any atom is 0.161 e. The highest BCUT2D eigenvalue weighted by Crippen LogP contribution is 2.32. The molecular formula is C20H21NO3. The van der Waals surface area contributed by atoms with E-state index >= 15 is 0 Å². The molecule has 0 radical (unpaired) electrons. The van der Waals surface area contributed by atoms with Gasteiger partial charge >= 0.3 is 0 Å². The number of benzene rings is 2. The predicted molar refractivity (Wildman–Crippen MR) is 95.3 cm³/mol. The van der Waals surface area contributed by atoms with E-state index in [9.17, 15) is 5.26 Å². The van der Waals surface area contributed by atoms with Crippen LogP contribution in [0, 0.1) is 11.3 Å². The van der Waals surface area contributed by atoms with Gasteiger partial charge in [-0.05, 0) is 49.8 Å². The fraction of sp³-hybridized carbons (Fsp3) is 0.250. The fourth-order valence-electron chi connectivity index (χ4n) is 2.34. The van der Waals surface area contributed by atoms with E-state index in [1.54, 1.807) is 7.11 Å². The van der Waals surface area contributed by atoms with Gasteiger partial charge in [0.2, 0.25) is 0 Å². The smallest absolute Gasteiger partial charge is 0.161 e. The van der Waals surface area contributed by atoms with Crippen LogP contribution < -0.4 is 14.2 Å². The van der Waals surface area contributed by atoms with Crippen LogP contribution in [0.25, 0.3) is 11.6 Å². The van der Waals surface area contributed by atoms with Crippen LogP contribution in [-0.4, -0.2) is 20.3 Å². The van der Waals surface area contributed by atoms with Gasteiger partial charge in [0, 0.05) is 5.56 Å². The van der Waals surface area contributed by atoms with Crippen molar-refractivity contribution in [2.24, 2.45) is 0 Å². The summed E-state index contributed by atoms with van der Waals surface area (Å²) >= 11 is 0. The van der Waals surface area contributed by atoms with Crippen LogP contribution in [0.3, 0.4) is 0 Å². The monoisotopic (exact) mass is 323 g/mol. The Bertz CT molecular complexity index is 760. The summed E-state index contributed by atoms with van der Waals surface area (Å²) in [6.45, 7) is 4.92. The number of nitriles is 1. The summed E-state index contributed by atoms with van der Waals surface area (Å²) in [4.78, 5) is 0. The summed E-state index contributed by atoms with van der Waals surface area (Å²) in [6, 6.07) is 15.4. The van der Waals surface area contributed by atoms with Crippen LogP contribution in [0.1, 0.15) is 25.0 Å². The van der Waals surface area contributed by atoms with Crippen molar-refractivity contribution < 1.29 is 14.2 Å². The third-order valence-electron chi connectivity index (χ3n) is 3.41. The second kappa shape index (κ2) is 8.64. The summed E-state index contributed by atoms with van der Waals surface area (Å²) in [6.07, 6.45) is 1.81. The van der Waals surface area contributed by atoms with Crippen molar-refractivity contribution >= 4 is 11.6 Å². The number of methoxy groups -OCH3 is 1. The minimum atomic E-state index is 0.529. The molecule has 0 N–H and O–H groups in total. The first-order valence-corrected chi connectivity index (χ1v) is 7.88. The van der Waals surface area contributed by atoms with Crippen LogP contribution in [-0.2, 0) is 0 Å². The van der Waals surface area contributed by atoms with E-state index in [2.05, 4.69) is 6.07 Å². The molecule has 0 aliphatic carbocycles. The Morgan fingerprint density at radius 2 is 1.71 bits per heavy atom. The Morgan fingerprint density at radius 1 is 1.00 bits per heavy atom. The van der Waals surface area contributed by atoms with Gasteiger partial charge in [-0.1, -0.05) is 18.2 Å². The summed E-state index contributed by atoms with van der Waals surface area (Å²) in [7, 11) is 1.61. The Morgan fingerprint density at radius 3 is 2.38 bits per heavy atom. The Kier molecular flexibility index (Phi) is 6.27. The normalized spacial score (nSPS) is 10.8. The lowest BCUT2D eigenvalue weighted by Gasteiger charge is -2.12. The van der Waals surface area contributed by atoms with Crippen molar-refractivity contribution in [3.8, 4) is 23.3 Å². The maximum absolute atomic E-state index is 9.57. The first-order chi connectivity index (χ1) is 11.7. The van der Waals surface area contributed by atoms with E-state index in [1.165, 1.54) is 0 Å². The minimum absolute atomic E-state index is 0.529. The molecule has 24 heavy (non-hydrogen) atoms. The summed E-state index contributed by atoms with van der Waals surface area (Å²) in [5, 5.41) is 9.57. The number of allylic oxidation sites excluding steroid dienone is 1. The zero-order valence-corrected chi connectivity index (χ0v) is 14.2. The average Bonchev–Trinajstić information content (AvgIpc) is 2.62. The third-order valence-corrected chi connectivity index (χ3v) is 3.41. The highest BCUT2D eigenvalue weighted by atomic mass is 16.5. The molecule has 4 nitrogen and oxygen atoms in total. The van der Waals surface area contributed by atoms with Gasteiger partial charge in [-0.3, -0.25) is 0 Å². The molecule has 2 aromatic carbocycles. The van der Waals surface area contributed by atoms with Gasteiger partial charge in [-0.15, -0.1) is 0 Å². The number of hydrogen-bond donors (Lipinski definition) is 0. The first kappa shape index (κ1) is 17.4. The standard InChI is InChI=1S/C20H21NO3/c1-4-23-19-11-10-15(13-20(19)24-5-2)17(14-21)12-16-8-6-7-9-18(16)22-3/h6-13H,4-5H2,1-3H3/b17-12-. The van der Waals surface area contributed by atoms with Gasteiger partial charge in [-0.25, -0.2) is 0 Å². The van der Waals surface area contributed by atoms with Crippen molar-refractivity contribution in [1.29, 1.82) is 5.26 Å². The Hall–Kier alpha value is -2.93. The SMILES string of the molecule is CCOc1ccc(/C(C#N)=C\c2ccccc2OC)cc1OCC. The molecule has 0 spiro atoms. The second-order valence-corrected chi connectivity index (χ2v) is 4.94. The van der Waals surface area contributed by atoms with E-state index in [0.717, 1.165) is 16.9 Å². The molecule has 0 aromatic heterocycles. The number of rotatable bonds is 7. The minimum Gasteiger partial charge on any atom is -0.496 e. The van der Waals surface area contributed by atoms with Gasteiger partial charge < -0.3 is 14.2 Å². The van der Waals surface area contributed by atoms with Crippen LogP contribution in [0.2, 0.25) is 0 Å². The molecule has 0 saturated heterocycles. The molecule has 0 aliphatic rings. The quantitative estimate of drug-likeness (QED) is 0.554. The van der Waals surface area contributed by atoms with Gasteiger partial charge in [0.05, 0.1) is 32.0 Å². The van der Waals surface area contributed by atoms with Crippen molar-refractivity contribution in [2.75, 3.05) is 20.3 Å². The van der Waals surface area contributed by atoms with Crippen molar-refractivity contribution in [3.05, 3.63) is 53.6 Å². The van der Waals surface area contributed by atoms with Crippen molar-refractivity contribution in [2.45, 2.75) is 13.8 Å². The van der Waals surface area contributed by atoms with E-state index < -0.39 is 0 Å². The number of ether oxygens (including phenoxy) is 3. The molecule has 0 heterocycles. The van der Waals surface area contributed by atoms with Gasteiger partial charge in [0.1, 0.15) is 5.75 Å². The molecule has 4 heteroatoms. The molecule has 2 aromatic rings. The lowest BCUT2D eigenvalue weighted by Crippen LogP contribution is -1.99. The molecule has 2 rings (SSSR count). The number of nitrogens with zero attached hydrogens (tertiary/aromatic N) is 1.